The lowest BCUT2D eigenvalue weighted by molar-refractivity contribution is -0.152. The van der Waals surface area contributed by atoms with Crippen molar-refractivity contribution < 1.29 is 23.9 Å². The van der Waals surface area contributed by atoms with Gasteiger partial charge in [0.15, 0.2) is 6.61 Å². The van der Waals surface area contributed by atoms with Gasteiger partial charge < -0.3 is 15.0 Å². The van der Waals surface area contributed by atoms with Gasteiger partial charge in [0.1, 0.15) is 0 Å². The monoisotopic (exact) mass is 389 g/mol. The average molecular weight is 389 g/mol. The molecule has 0 spiro atoms. The third kappa shape index (κ3) is 5.55. The molecule has 1 aliphatic heterocycles. The number of carbonyl (C=O) groups is 4. The molecule has 0 bridgehead atoms. The summed E-state index contributed by atoms with van der Waals surface area (Å²) in [5, 5.41) is 4.63. The third-order valence-corrected chi connectivity index (χ3v) is 4.59. The summed E-state index contributed by atoms with van der Waals surface area (Å²) in [6, 6.07) is 5.04. The number of hydrogen-bond donors (Lipinski definition) is 2. The van der Waals surface area contributed by atoms with Gasteiger partial charge in [-0.1, -0.05) is 26.0 Å². The molecule has 1 atom stereocenters. The number of carbonyl (C=O) groups excluding carboxylic acids is 4. The van der Waals surface area contributed by atoms with Gasteiger partial charge in [0.05, 0.1) is 5.92 Å². The summed E-state index contributed by atoms with van der Waals surface area (Å²) in [4.78, 5) is 49.4. The summed E-state index contributed by atoms with van der Waals surface area (Å²) in [7, 11) is 0. The van der Waals surface area contributed by atoms with Crippen molar-refractivity contribution in [2.75, 3.05) is 24.6 Å². The van der Waals surface area contributed by atoms with E-state index in [-0.39, 0.29) is 24.8 Å². The van der Waals surface area contributed by atoms with Gasteiger partial charge in [0.25, 0.3) is 5.91 Å². The molecule has 1 aromatic carbocycles. The minimum atomic E-state index is -0.717. The van der Waals surface area contributed by atoms with Crippen LogP contribution in [-0.2, 0) is 19.1 Å². The number of ether oxygens (including phenoxy) is 1. The molecule has 0 radical (unpaired) electrons. The van der Waals surface area contributed by atoms with E-state index in [2.05, 4.69) is 10.6 Å². The maximum atomic E-state index is 12.3. The maximum absolute atomic E-state index is 12.3. The molecule has 0 aromatic heterocycles. The normalized spacial score (nSPS) is 16.2. The van der Waals surface area contributed by atoms with Crippen LogP contribution in [-0.4, -0.2) is 43.5 Å². The first-order valence-corrected chi connectivity index (χ1v) is 9.30. The van der Waals surface area contributed by atoms with Gasteiger partial charge in [-0.25, -0.2) is 4.79 Å². The molecule has 1 aromatic rings. The van der Waals surface area contributed by atoms with Crippen LogP contribution >= 0.6 is 0 Å². The van der Waals surface area contributed by atoms with Crippen molar-refractivity contribution in [1.82, 2.24) is 10.6 Å². The predicted octanol–water partition coefficient (Wildman–Crippen LogP) is 1.68. The first-order valence-electron chi connectivity index (χ1n) is 9.30. The Balaban J connectivity index is 1.85. The van der Waals surface area contributed by atoms with E-state index in [9.17, 15) is 19.2 Å². The lowest BCUT2D eigenvalue weighted by Gasteiger charge is -2.20. The molecule has 28 heavy (non-hydrogen) atoms. The highest BCUT2D eigenvalue weighted by molar-refractivity contribution is 6.00. The van der Waals surface area contributed by atoms with Crippen LogP contribution in [0, 0.1) is 25.7 Å². The minimum absolute atomic E-state index is 0.0305. The van der Waals surface area contributed by atoms with Crippen molar-refractivity contribution in [3.05, 3.63) is 29.3 Å². The standard InChI is InChI=1S/C20H27N3O5/c1-12(2)9-21-20(27)22-17(24)11-28-19(26)15-8-18(25)23(10-15)16-7-5-6-13(3)14(16)4/h5-7,12,15H,8-11H2,1-4H3,(H2,21,22,24,27)/t15-/m0/s1. The number of benzene rings is 1. The number of anilines is 1. The topological polar surface area (TPSA) is 105 Å². The largest absolute Gasteiger partial charge is 0.455 e. The average Bonchev–Trinajstić information content (AvgIpc) is 3.02. The van der Waals surface area contributed by atoms with E-state index in [1.807, 2.05) is 45.9 Å². The highest BCUT2D eigenvalue weighted by Crippen LogP contribution is 2.29. The summed E-state index contributed by atoms with van der Waals surface area (Å²) >= 11 is 0. The zero-order valence-electron chi connectivity index (χ0n) is 16.7. The molecule has 0 saturated carbocycles. The SMILES string of the molecule is Cc1cccc(N2C[C@@H](C(=O)OCC(=O)NC(=O)NCC(C)C)CC2=O)c1C. The molecular formula is C20H27N3O5. The molecule has 8 heteroatoms. The van der Waals surface area contributed by atoms with Gasteiger partial charge in [0.2, 0.25) is 5.91 Å². The molecule has 1 fully saturated rings. The zero-order chi connectivity index (χ0) is 20.8. The fourth-order valence-electron chi connectivity index (χ4n) is 2.88. The molecule has 1 saturated heterocycles. The highest BCUT2D eigenvalue weighted by atomic mass is 16.5. The molecule has 152 valence electrons. The fraction of sp³-hybridized carbons (Fsp3) is 0.500. The molecule has 2 N–H and O–H groups in total. The Kier molecular flexibility index (Phi) is 7.14. The van der Waals surface area contributed by atoms with E-state index in [1.165, 1.54) is 0 Å². The van der Waals surface area contributed by atoms with Crippen molar-refractivity contribution in [2.24, 2.45) is 11.8 Å². The van der Waals surface area contributed by atoms with Crippen molar-refractivity contribution >= 4 is 29.5 Å². The van der Waals surface area contributed by atoms with Crippen LogP contribution < -0.4 is 15.5 Å². The molecule has 0 aliphatic carbocycles. The molecule has 0 unspecified atom stereocenters. The summed E-state index contributed by atoms with van der Waals surface area (Å²) < 4.78 is 4.99. The number of aryl methyl sites for hydroxylation is 1. The quantitative estimate of drug-likeness (QED) is 0.721. The van der Waals surface area contributed by atoms with Crippen LogP contribution in [0.25, 0.3) is 0 Å². The van der Waals surface area contributed by atoms with E-state index in [1.54, 1.807) is 4.90 Å². The first-order chi connectivity index (χ1) is 13.2. The number of urea groups is 1. The number of nitrogens with zero attached hydrogens (tertiary/aromatic N) is 1. The second-order valence-corrected chi connectivity index (χ2v) is 7.38. The molecular weight excluding hydrogens is 362 g/mol. The molecule has 1 heterocycles. The molecule has 1 aliphatic rings. The minimum Gasteiger partial charge on any atom is -0.455 e. The van der Waals surface area contributed by atoms with Crippen LogP contribution in [0.5, 0.6) is 0 Å². The van der Waals surface area contributed by atoms with E-state index in [0.717, 1.165) is 16.8 Å². The van der Waals surface area contributed by atoms with Crippen LogP contribution in [0.15, 0.2) is 18.2 Å². The van der Waals surface area contributed by atoms with Crippen LogP contribution in [0.2, 0.25) is 0 Å². The Morgan fingerprint density at radius 3 is 2.64 bits per heavy atom. The van der Waals surface area contributed by atoms with Gasteiger partial charge in [-0.2, -0.15) is 0 Å². The number of esters is 1. The lowest BCUT2D eigenvalue weighted by Crippen LogP contribution is -2.42. The number of rotatable bonds is 6. The highest BCUT2D eigenvalue weighted by Gasteiger charge is 2.37. The number of imide groups is 1. The van der Waals surface area contributed by atoms with Crippen molar-refractivity contribution in [3.8, 4) is 0 Å². The van der Waals surface area contributed by atoms with Crippen molar-refractivity contribution in [2.45, 2.75) is 34.1 Å². The second kappa shape index (κ2) is 9.34. The number of hydrogen-bond acceptors (Lipinski definition) is 5. The van der Waals surface area contributed by atoms with Crippen LogP contribution in [0.3, 0.4) is 0 Å². The van der Waals surface area contributed by atoms with E-state index in [4.69, 9.17) is 4.74 Å². The summed E-state index contributed by atoms with van der Waals surface area (Å²) in [5.41, 5.74) is 2.82. The Bertz CT molecular complexity index is 775. The molecule has 4 amide bonds. The van der Waals surface area contributed by atoms with Crippen LogP contribution in [0.1, 0.15) is 31.4 Å². The fourth-order valence-corrected chi connectivity index (χ4v) is 2.88. The van der Waals surface area contributed by atoms with Gasteiger partial charge in [-0.3, -0.25) is 19.7 Å². The Morgan fingerprint density at radius 2 is 1.96 bits per heavy atom. The number of amides is 4. The van der Waals surface area contributed by atoms with Gasteiger partial charge in [-0.15, -0.1) is 0 Å². The second-order valence-electron chi connectivity index (χ2n) is 7.38. The van der Waals surface area contributed by atoms with Gasteiger partial charge in [0, 0.05) is 25.2 Å². The molecule has 8 nitrogen and oxygen atoms in total. The van der Waals surface area contributed by atoms with E-state index >= 15 is 0 Å². The van der Waals surface area contributed by atoms with E-state index in [0.29, 0.717) is 6.54 Å². The predicted molar refractivity (Wildman–Crippen MR) is 104 cm³/mol. The van der Waals surface area contributed by atoms with Gasteiger partial charge >= 0.3 is 12.0 Å². The summed E-state index contributed by atoms with van der Waals surface area (Å²) in [6.45, 7) is 7.81. The Labute approximate surface area is 164 Å². The zero-order valence-corrected chi connectivity index (χ0v) is 16.7. The Hall–Kier alpha value is -2.90. The Morgan fingerprint density at radius 1 is 1.25 bits per heavy atom. The summed E-state index contributed by atoms with van der Waals surface area (Å²) in [6.07, 6.45) is 0.0305. The van der Waals surface area contributed by atoms with Crippen molar-refractivity contribution in [1.29, 1.82) is 0 Å². The van der Waals surface area contributed by atoms with Crippen molar-refractivity contribution in [3.63, 3.8) is 0 Å². The van der Waals surface area contributed by atoms with Crippen LogP contribution in [0.4, 0.5) is 10.5 Å². The third-order valence-electron chi connectivity index (χ3n) is 4.59. The molecule has 2 rings (SSSR count). The number of nitrogens with one attached hydrogen (secondary N) is 2. The smallest absolute Gasteiger partial charge is 0.321 e. The first kappa shape index (κ1) is 21.4. The van der Waals surface area contributed by atoms with E-state index < -0.39 is 30.4 Å². The summed E-state index contributed by atoms with van der Waals surface area (Å²) in [5.74, 6) is -1.90. The maximum Gasteiger partial charge on any atom is 0.321 e. The van der Waals surface area contributed by atoms with Gasteiger partial charge in [-0.05, 0) is 37.0 Å². The lowest BCUT2D eigenvalue weighted by atomic mass is 10.1.